The van der Waals surface area contributed by atoms with E-state index in [1.165, 1.54) is 12.4 Å². The zero-order valence-corrected chi connectivity index (χ0v) is 10.9. The van der Waals surface area contributed by atoms with Gasteiger partial charge in [0.25, 0.3) is 0 Å². The lowest BCUT2D eigenvalue weighted by atomic mass is 9.80. The Balaban J connectivity index is 1.80. The summed E-state index contributed by atoms with van der Waals surface area (Å²) in [5.41, 5.74) is 0.134. The van der Waals surface area contributed by atoms with Crippen LogP contribution in [0.4, 0.5) is 0 Å². The predicted octanol–water partition coefficient (Wildman–Crippen LogP) is 0.601. The molecule has 1 aromatic heterocycles. The summed E-state index contributed by atoms with van der Waals surface area (Å²) in [4.78, 5) is 0.256. The standard InChI is InChI=1S/C11H17N3O3S/c15-18(16,10-7-12-13-8-10)14-4-1-11(9-14)2-5-17-6-3-11/h7-8H,1-6,9H2,(H,12,13). The minimum atomic E-state index is -3.37. The Kier molecular flexibility index (Phi) is 2.91. The van der Waals surface area contributed by atoms with Gasteiger partial charge in [0, 0.05) is 32.5 Å². The number of nitrogens with zero attached hydrogens (tertiary/aromatic N) is 2. The molecule has 100 valence electrons. The summed E-state index contributed by atoms with van der Waals surface area (Å²) in [6.07, 6.45) is 5.66. The molecule has 0 amide bonds. The lowest BCUT2D eigenvalue weighted by Crippen LogP contribution is -2.35. The summed E-state index contributed by atoms with van der Waals surface area (Å²) in [7, 11) is -3.37. The summed E-state index contributed by atoms with van der Waals surface area (Å²) < 4.78 is 31.7. The zero-order chi connectivity index (χ0) is 12.6. The Bertz CT molecular complexity index is 506. The Hall–Kier alpha value is -0.920. The van der Waals surface area contributed by atoms with Crippen LogP contribution in [0, 0.1) is 5.41 Å². The van der Waals surface area contributed by atoms with Gasteiger partial charge in [-0.3, -0.25) is 5.10 Å². The normalized spacial score (nSPS) is 24.7. The van der Waals surface area contributed by atoms with Crippen molar-refractivity contribution in [1.82, 2.24) is 14.5 Å². The molecule has 1 N–H and O–H groups in total. The third-order valence-electron chi connectivity index (χ3n) is 4.07. The number of H-pyrrole nitrogens is 1. The first kappa shape index (κ1) is 12.1. The van der Waals surface area contributed by atoms with Crippen molar-refractivity contribution in [3.63, 3.8) is 0 Å². The molecule has 0 unspecified atom stereocenters. The van der Waals surface area contributed by atoms with E-state index < -0.39 is 10.0 Å². The average molecular weight is 271 g/mol. The molecule has 0 saturated carbocycles. The highest BCUT2D eigenvalue weighted by molar-refractivity contribution is 7.89. The van der Waals surface area contributed by atoms with Crippen LogP contribution in [0.2, 0.25) is 0 Å². The van der Waals surface area contributed by atoms with Crippen molar-refractivity contribution in [3.8, 4) is 0 Å². The SMILES string of the molecule is O=S(=O)(c1cn[nH]c1)N1CCC2(CCOCC2)C1. The smallest absolute Gasteiger partial charge is 0.246 e. The second kappa shape index (κ2) is 4.32. The fraction of sp³-hybridized carbons (Fsp3) is 0.727. The maximum absolute atomic E-state index is 12.4. The van der Waals surface area contributed by atoms with E-state index in [0.717, 1.165) is 32.5 Å². The number of rotatable bonds is 2. The summed E-state index contributed by atoms with van der Waals surface area (Å²) in [5, 5.41) is 6.27. The zero-order valence-electron chi connectivity index (χ0n) is 10.1. The highest BCUT2D eigenvalue weighted by Gasteiger charge is 2.43. The van der Waals surface area contributed by atoms with Gasteiger partial charge in [-0.25, -0.2) is 8.42 Å². The second-order valence-electron chi connectivity index (χ2n) is 5.13. The predicted molar refractivity (Wildman–Crippen MR) is 64.4 cm³/mol. The third kappa shape index (κ3) is 1.96. The fourth-order valence-corrected chi connectivity index (χ4v) is 4.30. The molecule has 2 saturated heterocycles. The quantitative estimate of drug-likeness (QED) is 0.854. The molecule has 18 heavy (non-hydrogen) atoms. The highest BCUT2D eigenvalue weighted by Crippen LogP contribution is 2.41. The van der Waals surface area contributed by atoms with Gasteiger partial charge in [-0.15, -0.1) is 0 Å². The van der Waals surface area contributed by atoms with Gasteiger partial charge in [-0.2, -0.15) is 9.40 Å². The van der Waals surface area contributed by atoms with Crippen LogP contribution in [0.1, 0.15) is 19.3 Å². The molecule has 0 aromatic carbocycles. The van der Waals surface area contributed by atoms with Crippen molar-refractivity contribution >= 4 is 10.0 Å². The molecule has 0 bridgehead atoms. The van der Waals surface area contributed by atoms with Crippen molar-refractivity contribution in [3.05, 3.63) is 12.4 Å². The van der Waals surface area contributed by atoms with Gasteiger partial charge in [0.05, 0.1) is 6.20 Å². The molecular weight excluding hydrogens is 254 g/mol. The number of nitrogens with one attached hydrogen (secondary N) is 1. The molecule has 2 aliphatic rings. The molecule has 6 nitrogen and oxygen atoms in total. The van der Waals surface area contributed by atoms with Gasteiger partial charge in [0.2, 0.25) is 10.0 Å². The molecule has 7 heteroatoms. The van der Waals surface area contributed by atoms with E-state index in [4.69, 9.17) is 4.74 Å². The largest absolute Gasteiger partial charge is 0.381 e. The Morgan fingerprint density at radius 3 is 2.78 bits per heavy atom. The molecule has 0 atom stereocenters. The second-order valence-corrected chi connectivity index (χ2v) is 7.07. The van der Waals surface area contributed by atoms with Crippen LogP contribution in [0.15, 0.2) is 17.3 Å². The van der Waals surface area contributed by atoms with Crippen molar-refractivity contribution in [2.24, 2.45) is 5.41 Å². The summed E-state index contributed by atoms with van der Waals surface area (Å²) in [6.45, 7) is 2.72. The maximum atomic E-state index is 12.4. The van der Waals surface area contributed by atoms with Gasteiger partial charge in [-0.05, 0) is 24.7 Å². The Morgan fingerprint density at radius 1 is 1.33 bits per heavy atom. The van der Waals surface area contributed by atoms with Gasteiger partial charge >= 0.3 is 0 Å². The lowest BCUT2D eigenvalue weighted by Gasteiger charge is -2.33. The van der Waals surface area contributed by atoms with E-state index in [9.17, 15) is 8.42 Å². The molecule has 1 aromatic rings. The molecule has 2 aliphatic heterocycles. The van der Waals surface area contributed by atoms with Crippen LogP contribution in [0.3, 0.4) is 0 Å². The first-order valence-corrected chi connectivity index (χ1v) is 7.63. The van der Waals surface area contributed by atoms with Crippen LogP contribution in [-0.4, -0.2) is 49.2 Å². The first-order valence-electron chi connectivity index (χ1n) is 6.19. The van der Waals surface area contributed by atoms with E-state index in [2.05, 4.69) is 10.2 Å². The average Bonchev–Trinajstić information content (AvgIpc) is 3.00. The monoisotopic (exact) mass is 271 g/mol. The number of sulfonamides is 1. The Labute approximate surface area is 106 Å². The molecule has 0 aliphatic carbocycles. The molecule has 1 spiro atoms. The molecule has 3 heterocycles. The number of aromatic nitrogens is 2. The first-order chi connectivity index (χ1) is 8.62. The number of hydrogen-bond donors (Lipinski definition) is 1. The molecule has 2 fully saturated rings. The van der Waals surface area contributed by atoms with Crippen molar-refractivity contribution in [2.45, 2.75) is 24.2 Å². The van der Waals surface area contributed by atoms with E-state index in [0.29, 0.717) is 13.1 Å². The van der Waals surface area contributed by atoms with Crippen molar-refractivity contribution in [1.29, 1.82) is 0 Å². The van der Waals surface area contributed by atoms with Crippen LogP contribution in [0.25, 0.3) is 0 Å². The van der Waals surface area contributed by atoms with Gasteiger partial charge in [0.15, 0.2) is 0 Å². The number of hydrogen-bond acceptors (Lipinski definition) is 4. The minimum Gasteiger partial charge on any atom is -0.381 e. The third-order valence-corrected chi connectivity index (χ3v) is 5.88. The highest BCUT2D eigenvalue weighted by atomic mass is 32.2. The number of aromatic amines is 1. The van der Waals surface area contributed by atoms with Gasteiger partial charge in [0.1, 0.15) is 4.90 Å². The topological polar surface area (TPSA) is 75.3 Å². The van der Waals surface area contributed by atoms with Gasteiger partial charge in [-0.1, -0.05) is 0 Å². The van der Waals surface area contributed by atoms with Crippen LogP contribution < -0.4 is 0 Å². The van der Waals surface area contributed by atoms with Crippen LogP contribution in [-0.2, 0) is 14.8 Å². The van der Waals surface area contributed by atoms with E-state index in [1.54, 1.807) is 4.31 Å². The summed E-state index contributed by atoms with van der Waals surface area (Å²) in [5.74, 6) is 0. The van der Waals surface area contributed by atoms with E-state index in [-0.39, 0.29) is 10.3 Å². The summed E-state index contributed by atoms with van der Waals surface area (Å²) >= 11 is 0. The fourth-order valence-electron chi connectivity index (χ4n) is 2.84. The van der Waals surface area contributed by atoms with E-state index in [1.807, 2.05) is 0 Å². The van der Waals surface area contributed by atoms with Crippen molar-refractivity contribution in [2.75, 3.05) is 26.3 Å². The molecular formula is C11H17N3O3S. The molecule has 0 radical (unpaired) electrons. The Morgan fingerprint density at radius 2 is 2.11 bits per heavy atom. The lowest BCUT2D eigenvalue weighted by molar-refractivity contribution is 0.0222. The minimum absolute atomic E-state index is 0.134. The van der Waals surface area contributed by atoms with Crippen LogP contribution >= 0.6 is 0 Å². The maximum Gasteiger partial charge on any atom is 0.246 e. The molecule has 3 rings (SSSR count). The van der Waals surface area contributed by atoms with Crippen molar-refractivity contribution < 1.29 is 13.2 Å². The van der Waals surface area contributed by atoms with E-state index >= 15 is 0 Å². The summed E-state index contributed by atoms with van der Waals surface area (Å²) in [6, 6.07) is 0. The number of ether oxygens (including phenoxy) is 1. The van der Waals surface area contributed by atoms with Crippen LogP contribution in [0.5, 0.6) is 0 Å². The van der Waals surface area contributed by atoms with Gasteiger partial charge < -0.3 is 4.74 Å².